The third kappa shape index (κ3) is 5.43. The molecule has 1 aromatic rings. The highest BCUT2D eigenvalue weighted by Crippen LogP contribution is 2.32. The fraction of sp³-hybridized carbons (Fsp3) is 0.562. The Morgan fingerprint density at radius 2 is 1.84 bits per heavy atom. The van der Waals surface area contributed by atoms with Gasteiger partial charge in [-0.25, -0.2) is 0 Å². The summed E-state index contributed by atoms with van der Waals surface area (Å²) in [6.45, 7) is 8.33. The molecule has 0 aromatic heterocycles. The smallest absolute Gasteiger partial charge is 0.220 e. The van der Waals surface area contributed by atoms with Crippen molar-refractivity contribution in [3.05, 3.63) is 35.9 Å². The van der Waals surface area contributed by atoms with E-state index in [9.17, 15) is 4.79 Å². The molecule has 1 aromatic carbocycles. The Bertz CT molecular complexity index is 393. The van der Waals surface area contributed by atoms with Crippen LogP contribution in [0.1, 0.15) is 52.1 Å². The summed E-state index contributed by atoms with van der Waals surface area (Å²) in [5.74, 6) is 0.0704. The first kappa shape index (κ1) is 15.7. The quantitative estimate of drug-likeness (QED) is 0.857. The Morgan fingerprint density at radius 1 is 1.26 bits per heavy atom. The first-order valence-corrected chi connectivity index (χ1v) is 6.90. The van der Waals surface area contributed by atoms with Crippen LogP contribution in [0, 0.1) is 5.41 Å². The van der Waals surface area contributed by atoms with Crippen molar-refractivity contribution in [2.75, 3.05) is 0 Å². The van der Waals surface area contributed by atoms with Gasteiger partial charge in [0.05, 0.1) is 6.04 Å². The van der Waals surface area contributed by atoms with Crippen LogP contribution in [-0.4, -0.2) is 11.9 Å². The summed E-state index contributed by atoms with van der Waals surface area (Å²) in [6, 6.07) is 10.2. The van der Waals surface area contributed by atoms with Gasteiger partial charge >= 0.3 is 0 Å². The van der Waals surface area contributed by atoms with Crippen molar-refractivity contribution in [2.24, 2.45) is 11.1 Å². The zero-order valence-corrected chi connectivity index (χ0v) is 12.4. The fourth-order valence-electron chi connectivity index (χ4n) is 2.04. The zero-order valence-electron chi connectivity index (χ0n) is 12.4. The van der Waals surface area contributed by atoms with E-state index in [0.29, 0.717) is 6.42 Å². The van der Waals surface area contributed by atoms with Gasteiger partial charge in [0.25, 0.3) is 0 Å². The predicted molar refractivity (Wildman–Crippen MR) is 79.7 cm³/mol. The molecule has 0 heterocycles. The third-order valence-corrected chi connectivity index (χ3v) is 3.13. The van der Waals surface area contributed by atoms with Crippen LogP contribution in [0.25, 0.3) is 0 Å². The van der Waals surface area contributed by atoms with Gasteiger partial charge in [0, 0.05) is 12.5 Å². The zero-order chi connectivity index (χ0) is 14.5. The second-order valence-corrected chi connectivity index (χ2v) is 6.29. The molecule has 0 aliphatic carbocycles. The maximum atomic E-state index is 12.0. The summed E-state index contributed by atoms with van der Waals surface area (Å²) >= 11 is 0. The molecule has 0 aliphatic heterocycles. The average molecular weight is 262 g/mol. The predicted octanol–water partition coefficient (Wildman–Crippen LogP) is 3.02. The highest BCUT2D eigenvalue weighted by molar-refractivity contribution is 5.76. The van der Waals surface area contributed by atoms with Crippen LogP contribution in [0.15, 0.2) is 30.3 Å². The van der Waals surface area contributed by atoms with E-state index in [0.717, 1.165) is 12.0 Å². The maximum Gasteiger partial charge on any atom is 0.220 e. The largest absolute Gasteiger partial charge is 0.349 e. The average Bonchev–Trinajstić information content (AvgIpc) is 2.33. The Hall–Kier alpha value is -1.35. The van der Waals surface area contributed by atoms with Crippen molar-refractivity contribution in [3.8, 4) is 0 Å². The number of nitrogens with two attached hydrogens (primary N) is 1. The minimum absolute atomic E-state index is 0.0225. The van der Waals surface area contributed by atoms with Crippen LogP contribution in [-0.2, 0) is 4.79 Å². The molecule has 3 nitrogen and oxygen atoms in total. The molecule has 0 spiro atoms. The summed E-state index contributed by atoms with van der Waals surface area (Å²) in [5.41, 5.74) is 6.81. The van der Waals surface area contributed by atoms with E-state index in [2.05, 4.69) is 38.2 Å². The lowest BCUT2D eigenvalue weighted by molar-refractivity contribution is -0.122. The van der Waals surface area contributed by atoms with Gasteiger partial charge in [0.1, 0.15) is 0 Å². The SMILES string of the molecule is CC(N)CCC(=O)NC(c1ccccc1)C(C)(C)C. The van der Waals surface area contributed by atoms with Gasteiger partial charge in [-0.3, -0.25) is 4.79 Å². The number of carbonyl (C=O) groups is 1. The van der Waals surface area contributed by atoms with Crippen LogP contribution in [0.2, 0.25) is 0 Å². The van der Waals surface area contributed by atoms with Crippen LogP contribution < -0.4 is 11.1 Å². The second kappa shape index (κ2) is 6.71. The van der Waals surface area contributed by atoms with Gasteiger partial charge in [-0.05, 0) is 24.3 Å². The van der Waals surface area contributed by atoms with E-state index in [-0.39, 0.29) is 23.4 Å². The molecule has 19 heavy (non-hydrogen) atoms. The number of carbonyl (C=O) groups excluding carboxylic acids is 1. The Labute approximate surface area is 116 Å². The number of nitrogens with one attached hydrogen (secondary N) is 1. The monoisotopic (exact) mass is 262 g/mol. The number of hydrogen-bond acceptors (Lipinski definition) is 2. The van der Waals surface area contributed by atoms with Crippen molar-refractivity contribution in [1.82, 2.24) is 5.32 Å². The van der Waals surface area contributed by atoms with E-state index >= 15 is 0 Å². The maximum absolute atomic E-state index is 12.0. The molecule has 0 aliphatic rings. The Kier molecular flexibility index (Phi) is 5.55. The molecule has 2 unspecified atom stereocenters. The molecule has 2 atom stereocenters. The topological polar surface area (TPSA) is 55.1 Å². The second-order valence-electron chi connectivity index (χ2n) is 6.29. The molecule has 106 valence electrons. The molecule has 1 rings (SSSR count). The van der Waals surface area contributed by atoms with Gasteiger partial charge in [-0.1, -0.05) is 51.1 Å². The van der Waals surface area contributed by atoms with Crippen molar-refractivity contribution in [3.63, 3.8) is 0 Å². The molecule has 0 saturated carbocycles. The van der Waals surface area contributed by atoms with Crippen molar-refractivity contribution < 1.29 is 4.79 Å². The van der Waals surface area contributed by atoms with Gasteiger partial charge in [-0.15, -0.1) is 0 Å². The lowest BCUT2D eigenvalue weighted by Crippen LogP contribution is -2.37. The van der Waals surface area contributed by atoms with Gasteiger partial charge in [-0.2, -0.15) is 0 Å². The van der Waals surface area contributed by atoms with Crippen LogP contribution in [0.3, 0.4) is 0 Å². The summed E-state index contributed by atoms with van der Waals surface area (Å²) < 4.78 is 0. The van der Waals surface area contributed by atoms with E-state index in [1.165, 1.54) is 0 Å². The molecule has 0 saturated heterocycles. The van der Waals surface area contributed by atoms with E-state index in [4.69, 9.17) is 5.73 Å². The number of amides is 1. The molecule has 0 fully saturated rings. The standard InChI is InChI=1S/C16H26N2O/c1-12(17)10-11-14(19)18-15(16(2,3)4)13-8-6-5-7-9-13/h5-9,12,15H,10-11,17H2,1-4H3,(H,18,19). The normalized spacial score (nSPS) is 14.8. The number of hydrogen-bond donors (Lipinski definition) is 2. The lowest BCUT2D eigenvalue weighted by Gasteiger charge is -2.32. The summed E-state index contributed by atoms with van der Waals surface area (Å²) in [7, 11) is 0. The highest BCUT2D eigenvalue weighted by Gasteiger charge is 2.27. The van der Waals surface area contributed by atoms with Gasteiger partial charge in [0.15, 0.2) is 0 Å². The Morgan fingerprint density at radius 3 is 2.32 bits per heavy atom. The molecule has 0 bridgehead atoms. The van der Waals surface area contributed by atoms with E-state index in [1.54, 1.807) is 0 Å². The minimum atomic E-state index is -0.0225. The van der Waals surface area contributed by atoms with Crippen LogP contribution in [0.4, 0.5) is 0 Å². The van der Waals surface area contributed by atoms with Crippen molar-refractivity contribution in [2.45, 2.75) is 52.6 Å². The number of rotatable bonds is 5. The third-order valence-electron chi connectivity index (χ3n) is 3.13. The van der Waals surface area contributed by atoms with Crippen molar-refractivity contribution in [1.29, 1.82) is 0 Å². The summed E-state index contributed by atoms with van der Waals surface area (Å²) in [4.78, 5) is 12.0. The summed E-state index contributed by atoms with van der Waals surface area (Å²) in [6.07, 6.45) is 1.20. The molecule has 3 heteroatoms. The first-order chi connectivity index (χ1) is 8.80. The molecule has 3 N–H and O–H groups in total. The van der Waals surface area contributed by atoms with Gasteiger partial charge in [0.2, 0.25) is 5.91 Å². The fourth-order valence-corrected chi connectivity index (χ4v) is 2.04. The van der Waals surface area contributed by atoms with Crippen LogP contribution in [0.5, 0.6) is 0 Å². The summed E-state index contributed by atoms with van der Waals surface area (Å²) in [5, 5.41) is 3.13. The minimum Gasteiger partial charge on any atom is -0.349 e. The first-order valence-electron chi connectivity index (χ1n) is 6.90. The molecule has 1 amide bonds. The number of benzene rings is 1. The van der Waals surface area contributed by atoms with Crippen molar-refractivity contribution >= 4 is 5.91 Å². The van der Waals surface area contributed by atoms with Crippen LogP contribution >= 0.6 is 0 Å². The van der Waals surface area contributed by atoms with E-state index < -0.39 is 0 Å². The molecular formula is C16H26N2O. The van der Waals surface area contributed by atoms with Gasteiger partial charge < -0.3 is 11.1 Å². The molecular weight excluding hydrogens is 236 g/mol. The molecule has 0 radical (unpaired) electrons. The lowest BCUT2D eigenvalue weighted by atomic mass is 9.82. The Balaban J connectivity index is 2.75. The highest BCUT2D eigenvalue weighted by atomic mass is 16.1. The van der Waals surface area contributed by atoms with E-state index in [1.807, 2.05) is 25.1 Å².